The number of para-hydroxylation sites is 1. The fraction of sp³-hybridized carbons (Fsp3) is 0.100. The second-order valence-electron chi connectivity index (χ2n) is 6.17. The van der Waals surface area contributed by atoms with Crippen molar-refractivity contribution in [2.24, 2.45) is 0 Å². The molecule has 3 aromatic rings. The lowest BCUT2D eigenvalue weighted by atomic mass is 10.1. The minimum atomic E-state index is -3.77. The van der Waals surface area contributed by atoms with Gasteiger partial charge in [0.25, 0.3) is 0 Å². The molecule has 8 heteroatoms. The van der Waals surface area contributed by atoms with Gasteiger partial charge in [-0.15, -0.1) is 0 Å². The number of hydrogen-bond acceptors (Lipinski definition) is 4. The average Bonchev–Trinajstić information content (AvgIpc) is 2.65. The van der Waals surface area contributed by atoms with Crippen LogP contribution in [0.2, 0.25) is 0 Å². The van der Waals surface area contributed by atoms with Gasteiger partial charge in [0.05, 0.1) is 23.2 Å². The van der Waals surface area contributed by atoms with Crippen LogP contribution >= 0.6 is 0 Å². The van der Waals surface area contributed by atoms with Crippen molar-refractivity contribution in [1.82, 2.24) is 0 Å². The first-order valence-corrected chi connectivity index (χ1v) is 10.2. The summed E-state index contributed by atoms with van der Waals surface area (Å²) in [5.41, 5.74) is 0.403. The lowest BCUT2D eigenvalue weighted by Crippen LogP contribution is -2.37. The molecule has 0 aliphatic carbocycles. The third-order valence-corrected chi connectivity index (χ3v) is 5.28. The van der Waals surface area contributed by atoms with Gasteiger partial charge in [0.2, 0.25) is 15.9 Å². The number of carboxylic acids is 1. The van der Waals surface area contributed by atoms with E-state index >= 15 is 0 Å². The number of aromatic carboxylic acids is 1. The number of rotatable bonds is 6. The summed E-state index contributed by atoms with van der Waals surface area (Å²) in [4.78, 5) is 23.8. The van der Waals surface area contributed by atoms with Crippen molar-refractivity contribution in [3.05, 3.63) is 72.3 Å². The maximum atomic E-state index is 12.5. The molecule has 144 valence electrons. The molecule has 0 radical (unpaired) electrons. The molecule has 0 aliphatic rings. The highest BCUT2D eigenvalue weighted by Gasteiger charge is 2.23. The Morgan fingerprint density at radius 3 is 2.32 bits per heavy atom. The number of carbonyl (C=O) groups excluding carboxylic acids is 1. The van der Waals surface area contributed by atoms with E-state index in [9.17, 15) is 23.1 Å². The fourth-order valence-electron chi connectivity index (χ4n) is 2.91. The average molecular weight is 398 g/mol. The van der Waals surface area contributed by atoms with Gasteiger partial charge >= 0.3 is 5.97 Å². The van der Waals surface area contributed by atoms with Crippen LogP contribution in [-0.2, 0) is 14.8 Å². The van der Waals surface area contributed by atoms with E-state index in [1.165, 1.54) is 18.2 Å². The summed E-state index contributed by atoms with van der Waals surface area (Å²) in [6.45, 7) is -0.485. The minimum Gasteiger partial charge on any atom is -0.478 e. The summed E-state index contributed by atoms with van der Waals surface area (Å²) in [5, 5.41) is 13.2. The summed E-state index contributed by atoms with van der Waals surface area (Å²) in [7, 11) is -3.77. The van der Waals surface area contributed by atoms with Crippen LogP contribution in [0.15, 0.2) is 66.7 Å². The summed E-state index contributed by atoms with van der Waals surface area (Å²) in [5.74, 6) is -1.84. The van der Waals surface area contributed by atoms with Crippen LogP contribution in [0.25, 0.3) is 10.8 Å². The number of amides is 1. The predicted molar refractivity (Wildman–Crippen MR) is 108 cm³/mol. The van der Waals surface area contributed by atoms with Gasteiger partial charge in [-0.1, -0.05) is 48.5 Å². The fourth-order valence-corrected chi connectivity index (χ4v) is 3.77. The summed E-state index contributed by atoms with van der Waals surface area (Å²) in [6, 6.07) is 18.4. The minimum absolute atomic E-state index is 0.0769. The molecule has 0 saturated carbocycles. The number of nitrogens with one attached hydrogen (secondary N) is 1. The van der Waals surface area contributed by atoms with Crippen molar-refractivity contribution in [2.75, 3.05) is 22.4 Å². The molecule has 0 fully saturated rings. The maximum Gasteiger partial charge on any atom is 0.337 e. The van der Waals surface area contributed by atoms with Gasteiger partial charge in [-0.05, 0) is 23.6 Å². The van der Waals surface area contributed by atoms with Gasteiger partial charge in [0.1, 0.15) is 6.54 Å². The van der Waals surface area contributed by atoms with E-state index < -0.39 is 28.4 Å². The molecule has 0 aliphatic heterocycles. The topological polar surface area (TPSA) is 104 Å². The molecule has 2 N–H and O–H groups in total. The van der Waals surface area contributed by atoms with Crippen molar-refractivity contribution >= 4 is 44.0 Å². The zero-order valence-corrected chi connectivity index (χ0v) is 15.8. The lowest BCUT2D eigenvalue weighted by Gasteiger charge is -2.23. The van der Waals surface area contributed by atoms with Crippen LogP contribution in [0.1, 0.15) is 10.4 Å². The van der Waals surface area contributed by atoms with Gasteiger partial charge < -0.3 is 10.4 Å². The third-order valence-electron chi connectivity index (χ3n) is 4.15. The van der Waals surface area contributed by atoms with Crippen LogP contribution in [0.3, 0.4) is 0 Å². The van der Waals surface area contributed by atoms with Gasteiger partial charge in [0.15, 0.2) is 0 Å². The van der Waals surface area contributed by atoms with Crippen molar-refractivity contribution in [2.45, 2.75) is 0 Å². The van der Waals surface area contributed by atoms with Gasteiger partial charge in [0, 0.05) is 5.39 Å². The number of sulfonamides is 1. The first-order valence-electron chi connectivity index (χ1n) is 8.35. The van der Waals surface area contributed by atoms with E-state index in [0.29, 0.717) is 11.1 Å². The van der Waals surface area contributed by atoms with Crippen LogP contribution in [-0.4, -0.2) is 38.2 Å². The largest absolute Gasteiger partial charge is 0.478 e. The Labute approximate surface area is 162 Å². The van der Waals surface area contributed by atoms with Crippen molar-refractivity contribution < 1.29 is 23.1 Å². The number of hydrogen-bond donors (Lipinski definition) is 2. The van der Waals surface area contributed by atoms with Crippen LogP contribution in [0.5, 0.6) is 0 Å². The Kier molecular flexibility index (Phi) is 5.32. The molecule has 0 heterocycles. The summed E-state index contributed by atoms with van der Waals surface area (Å²) >= 11 is 0. The van der Waals surface area contributed by atoms with Crippen molar-refractivity contribution in [3.63, 3.8) is 0 Å². The molecule has 0 atom stereocenters. The van der Waals surface area contributed by atoms with E-state index in [2.05, 4.69) is 5.32 Å². The molecule has 0 unspecified atom stereocenters. The van der Waals surface area contributed by atoms with Crippen LogP contribution in [0.4, 0.5) is 11.4 Å². The SMILES string of the molecule is CS(=O)(=O)N(CC(=O)Nc1ccccc1C(=O)O)c1cccc2ccccc12. The van der Waals surface area contributed by atoms with E-state index in [4.69, 9.17) is 0 Å². The molecule has 0 aromatic heterocycles. The monoisotopic (exact) mass is 398 g/mol. The number of anilines is 2. The number of benzene rings is 3. The molecule has 3 rings (SSSR count). The molecule has 1 amide bonds. The second kappa shape index (κ2) is 7.69. The van der Waals surface area contributed by atoms with Gasteiger partial charge in [-0.3, -0.25) is 9.10 Å². The molecule has 0 spiro atoms. The van der Waals surface area contributed by atoms with E-state index in [0.717, 1.165) is 15.9 Å². The van der Waals surface area contributed by atoms with Gasteiger partial charge in [-0.25, -0.2) is 13.2 Å². The molecular weight excluding hydrogens is 380 g/mol. The number of fused-ring (bicyclic) bond motifs is 1. The summed E-state index contributed by atoms with van der Waals surface area (Å²) in [6.07, 6.45) is 1.02. The Hall–Kier alpha value is -3.39. The van der Waals surface area contributed by atoms with Crippen LogP contribution in [0, 0.1) is 0 Å². The highest BCUT2D eigenvalue weighted by atomic mass is 32.2. The molecule has 0 bridgehead atoms. The highest BCUT2D eigenvalue weighted by Crippen LogP contribution is 2.28. The Balaban J connectivity index is 1.95. The molecular formula is C20H18N2O5S. The lowest BCUT2D eigenvalue weighted by molar-refractivity contribution is -0.114. The van der Waals surface area contributed by atoms with E-state index in [1.807, 2.05) is 18.2 Å². The maximum absolute atomic E-state index is 12.5. The van der Waals surface area contributed by atoms with Gasteiger partial charge in [-0.2, -0.15) is 0 Å². The Morgan fingerprint density at radius 2 is 1.61 bits per heavy atom. The zero-order chi connectivity index (χ0) is 20.3. The quantitative estimate of drug-likeness (QED) is 0.664. The number of carbonyl (C=O) groups is 2. The van der Waals surface area contributed by atoms with Crippen molar-refractivity contribution in [3.8, 4) is 0 Å². The number of carboxylic acid groups (broad SMARTS) is 1. The zero-order valence-electron chi connectivity index (χ0n) is 15.0. The number of nitrogens with zero attached hydrogens (tertiary/aromatic N) is 1. The second-order valence-corrected chi connectivity index (χ2v) is 8.07. The van der Waals surface area contributed by atoms with Crippen molar-refractivity contribution in [1.29, 1.82) is 0 Å². The first kappa shape index (κ1) is 19.4. The van der Waals surface area contributed by atoms with Crippen LogP contribution < -0.4 is 9.62 Å². The molecule has 28 heavy (non-hydrogen) atoms. The molecule has 0 saturated heterocycles. The third kappa shape index (κ3) is 4.12. The standard InChI is InChI=1S/C20H18N2O5S/c1-28(26,27)22(18-12-6-8-14-7-2-3-9-15(14)18)13-19(23)21-17-11-5-4-10-16(17)20(24)25/h2-12H,13H2,1H3,(H,21,23)(H,24,25). The van der Waals surface area contributed by atoms with E-state index in [-0.39, 0.29) is 11.3 Å². The normalized spacial score (nSPS) is 11.2. The summed E-state index contributed by atoms with van der Waals surface area (Å²) < 4.78 is 25.8. The smallest absolute Gasteiger partial charge is 0.337 e. The Morgan fingerprint density at radius 1 is 0.964 bits per heavy atom. The molecule has 7 nitrogen and oxygen atoms in total. The van der Waals surface area contributed by atoms with E-state index in [1.54, 1.807) is 30.3 Å². The predicted octanol–water partition coefficient (Wildman–Crippen LogP) is 2.94. The first-order chi connectivity index (χ1) is 13.3. The highest BCUT2D eigenvalue weighted by molar-refractivity contribution is 7.92. The molecule has 3 aromatic carbocycles. The Bertz CT molecular complexity index is 1150.